The molecule has 0 aromatic rings. The minimum absolute atomic E-state index is 0.190. The molecule has 2 aliphatic heterocycles. The third-order valence-corrected chi connectivity index (χ3v) is 3.49. The van der Waals surface area contributed by atoms with Crippen molar-refractivity contribution in [1.82, 2.24) is 0 Å². The van der Waals surface area contributed by atoms with E-state index in [0.717, 1.165) is 0 Å². The largest absolute Gasteiger partial charge is 0.353 e. The molecule has 1 aliphatic carbocycles. The zero-order chi connectivity index (χ0) is 11.6. The lowest BCUT2D eigenvalue weighted by atomic mass is 9.75. The molecule has 1 saturated carbocycles. The van der Waals surface area contributed by atoms with Gasteiger partial charge in [0.25, 0.3) is 0 Å². The molecule has 0 bridgehead atoms. The molecule has 5 nitrogen and oxygen atoms in total. The van der Waals surface area contributed by atoms with Crippen molar-refractivity contribution in [2.24, 2.45) is 0 Å². The third-order valence-electron chi connectivity index (χ3n) is 3.49. The van der Waals surface area contributed by atoms with Crippen molar-refractivity contribution in [3.63, 3.8) is 0 Å². The fourth-order valence-corrected chi connectivity index (χ4v) is 2.84. The van der Waals surface area contributed by atoms with Crippen molar-refractivity contribution in [2.75, 3.05) is 7.11 Å². The summed E-state index contributed by atoms with van der Waals surface area (Å²) in [6.45, 7) is 3.73. The standard InChI is InChI=1S/C11H16O5/c1-10(2)14-7-8(15-10)11(4-6(12)5-11)16-9(7)13-3/h7-9H,4-5H2,1-3H3/t7-,8+,9-/m1/s1. The van der Waals surface area contributed by atoms with Gasteiger partial charge < -0.3 is 18.9 Å². The summed E-state index contributed by atoms with van der Waals surface area (Å²) in [4.78, 5) is 11.2. The number of rotatable bonds is 1. The molecule has 3 atom stereocenters. The van der Waals surface area contributed by atoms with E-state index in [2.05, 4.69) is 0 Å². The minimum Gasteiger partial charge on any atom is -0.353 e. The summed E-state index contributed by atoms with van der Waals surface area (Å²) in [6, 6.07) is 0. The molecule has 0 radical (unpaired) electrons. The zero-order valence-electron chi connectivity index (χ0n) is 9.69. The molecule has 3 fully saturated rings. The predicted molar refractivity (Wildman–Crippen MR) is 52.7 cm³/mol. The Balaban J connectivity index is 1.87. The first-order valence-corrected chi connectivity index (χ1v) is 5.54. The summed E-state index contributed by atoms with van der Waals surface area (Å²) in [5.41, 5.74) is -0.504. The van der Waals surface area contributed by atoms with E-state index in [1.807, 2.05) is 13.8 Å². The van der Waals surface area contributed by atoms with Crippen LogP contribution in [0.5, 0.6) is 0 Å². The van der Waals surface area contributed by atoms with Gasteiger partial charge in [0, 0.05) is 20.0 Å². The van der Waals surface area contributed by atoms with Crippen LogP contribution in [0.15, 0.2) is 0 Å². The van der Waals surface area contributed by atoms with Crippen molar-refractivity contribution >= 4 is 5.78 Å². The molecule has 0 unspecified atom stereocenters. The fraction of sp³-hybridized carbons (Fsp3) is 0.909. The van der Waals surface area contributed by atoms with Crippen LogP contribution in [0.4, 0.5) is 0 Å². The highest BCUT2D eigenvalue weighted by atomic mass is 16.8. The van der Waals surface area contributed by atoms with Gasteiger partial charge in [0.15, 0.2) is 12.1 Å². The number of ketones is 1. The van der Waals surface area contributed by atoms with Crippen molar-refractivity contribution in [3.05, 3.63) is 0 Å². The molecule has 0 aromatic heterocycles. The quantitative estimate of drug-likeness (QED) is 0.658. The summed E-state index contributed by atoms with van der Waals surface area (Å²) in [5, 5.41) is 0. The molecule has 1 spiro atoms. The van der Waals surface area contributed by atoms with Gasteiger partial charge in [-0.2, -0.15) is 0 Å². The monoisotopic (exact) mass is 228 g/mol. The fourth-order valence-electron chi connectivity index (χ4n) is 2.84. The molecule has 3 aliphatic rings. The van der Waals surface area contributed by atoms with Crippen molar-refractivity contribution < 1.29 is 23.7 Å². The summed E-state index contributed by atoms with van der Waals surface area (Å²) < 4.78 is 22.6. The van der Waals surface area contributed by atoms with Crippen LogP contribution in [0.25, 0.3) is 0 Å². The number of ether oxygens (including phenoxy) is 4. The highest BCUT2D eigenvalue weighted by Crippen LogP contribution is 2.51. The minimum atomic E-state index is -0.623. The third kappa shape index (κ3) is 1.29. The van der Waals surface area contributed by atoms with Crippen LogP contribution in [0.1, 0.15) is 26.7 Å². The van der Waals surface area contributed by atoms with E-state index in [4.69, 9.17) is 18.9 Å². The van der Waals surface area contributed by atoms with E-state index >= 15 is 0 Å². The van der Waals surface area contributed by atoms with Gasteiger partial charge in [-0.25, -0.2) is 0 Å². The Hall–Kier alpha value is -0.490. The Labute approximate surface area is 94.0 Å². The second-order valence-electron chi connectivity index (χ2n) is 5.20. The Morgan fingerprint density at radius 2 is 1.94 bits per heavy atom. The average molecular weight is 228 g/mol. The van der Waals surface area contributed by atoms with E-state index in [9.17, 15) is 4.79 Å². The molecule has 2 heterocycles. The van der Waals surface area contributed by atoms with Gasteiger partial charge in [0.05, 0.1) is 0 Å². The summed E-state index contributed by atoms with van der Waals surface area (Å²) in [6.07, 6.45) is -0.0286. The molecule has 0 aromatic carbocycles. The van der Waals surface area contributed by atoms with Gasteiger partial charge in [-0.15, -0.1) is 0 Å². The molecular formula is C11H16O5. The second kappa shape index (κ2) is 3.04. The molecule has 3 rings (SSSR count). The first-order chi connectivity index (χ1) is 7.46. The van der Waals surface area contributed by atoms with E-state index in [1.165, 1.54) is 0 Å². The van der Waals surface area contributed by atoms with Gasteiger partial charge in [-0.3, -0.25) is 4.79 Å². The molecule has 5 heteroatoms. The van der Waals surface area contributed by atoms with Gasteiger partial charge in [-0.1, -0.05) is 0 Å². The highest BCUT2D eigenvalue weighted by Gasteiger charge is 2.67. The SMILES string of the molecule is CO[C@@H]1OC2(CC(=O)C2)[C@H]2OC(C)(C)O[C@@H]12. The Bertz CT molecular complexity index is 329. The lowest BCUT2D eigenvalue weighted by Gasteiger charge is -2.40. The van der Waals surface area contributed by atoms with Crippen LogP contribution in [0, 0.1) is 0 Å². The topological polar surface area (TPSA) is 54.0 Å². The van der Waals surface area contributed by atoms with Crippen LogP contribution < -0.4 is 0 Å². The number of hydrogen-bond acceptors (Lipinski definition) is 5. The average Bonchev–Trinajstić information content (AvgIpc) is 2.58. The lowest BCUT2D eigenvalue weighted by molar-refractivity contribution is -0.259. The maximum Gasteiger partial charge on any atom is 0.186 e. The number of hydrogen-bond donors (Lipinski definition) is 0. The second-order valence-corrected chi connectivity index (χ2v) is 5.20. The first-order valence-electron chi connectivity index (χ1n) is 5.54. The predicted octanol–water partition coefficient (Wildman–Crippen LogP) is 0.611. The van der Waals surface area contributed by atoms with Crippen LogP contribution in [-0.2, 0) is 23.7 Å². The molecule has 16 heavy (non-hydrogen) atoms. The van der Waals surface area contributed by atoms with Crippen LogP contribution >= 0.6 is 0 Å². The van der Waals surface area contributed by atoms with Crippen molar-refractivity contribution in [1.29, 1.82) is 0 Å². The molecule has 2 saturated heterocycles. The van der Waals surface area contributed by atoms with Crippen molar-refractivity contribution in [3.8, 4) is 0 Å². The van der Waals surface area contributed by atoms with E-state index < -0.39 is 17.7 Å². The highest BCUT2D eigenvalue weighted by molar-refractivity contribution is 5.87. The smallest absolute Gasteiger partial charge is 0.186 e. The van der Waals surface area contributed by atoms with Gasteiger partial charge in [-0.05, 0) is 13.8 Å². The summed E-state index contributed by atoms with van der Waals surface area (Å²) in [7, 11) is 1.58. The van der Waals surface area contributed by atoms with E-state index in [1.54, 1.807) is 7.11 Å². The molecular weight excluding hydrogens is 212 g/mol. The van der Waals surface area contributed by atoms with Crippen LogP contribution in [0.3, 0.4) is 0 Å². The summed E-state index contributed by atoms with van der Waals surface area (Å²) >= 11 is 0. The molecule has 0 N–H and O–H groups in total. The Morgan fingerprint density at radius 3 is 2.50 bits per heavy atom. The maximum absolute atomic E-state index is 11.2. The van der Waals surface area contributed by atoms with Gasteiger partial charge in [0.1, 0.15) is 23.6 Å². The molecule has 0 amide bonds. The lowest BCUT2D eigenvalue weighted by Crippen LogP contribution is -2.53. The molecule has 90 valence electrons. The van der Waals surface area contributed by atoms with E-state index in [-0.39, 0.29) is 18.0 Å². The van der Waals surface area contributed by atoms with Crippen LogP contribution in [0.2, 0.25) is 0 Å². The van der Waals surface area contributed by atoms with Gasteiger partial charge >= 0.3 is 0 Å². The van der Waals surface area contributed by atoms with Crippen molar-refractivity contribution in [2.45, 2.75) is 56.6 Å². The Kier molecular flexibility index (Phi) is 2.02. The van der Waals surface area contributed by atoms with E-state index in [0.29, 0.717) is 12.8 Å². The zero-order valence-corrected chi connectivity index (χ0v) is 9.69. The van der Waals surface area contributed by atoms with Crippen LogP contribution in [-0.4, -0.2) is 42.8 Å². The number of carbonyl (C=O) groups excluding carboxylic acids is 1. The summed E-state index contributed by atoms with van der Waals surface area (Å²) in [5.74, 6) is -0.412. The maximum atomic E-state index is 11.2. The number of carbonyl (C=O) groups is 1. The first kappa shape index (κ1) is 10.7. The number of Topliss-reactive ketones (excluding diaryl/α,β-unsaturated/α-hetero) is 1. The Morgan fingerprint density at radius 1 is 1.25 bits per heavy atom. The number of methoxy groups -OCH3 is 1. The number of fused-ring (bicyclic) bond motifs is 2. The normalized spacial score (nSPS) is 43.4. The van der Waals surface area contributed by atoms with Gasteiger partial charge in [0.2, 0.25) is 0 Å².